The van der Waals surface area contributed by atoms with Gasteiger partial charge in [-0.2, -0.15) is 0 Å². The zero-order valence-corrected chi connectivity index (χ0v) is 10.3. The van der Waals surface area contributed by atoms with E-state index in [0.717, 1.165) is 0 Å². The van der Waals surface area contributed by atoms with Crippen molar-refractivity contribution in [1.82, 2.24) is 5.32 Å². The van der Waals surface area contributed by atoms with Gasteiger partial charge in [0, 0.05) is 14.1 Å². The van der Waals surface area contributed by atoms with Crippen LogP contribution in [0.1, 0.15) is 10.4 Å². The Kier molecular flexibility index (Phi) is 4.34. The maximum atomic E-state index is 11.2. The summed E-state index contributed by atoms with van der Waals surface area (Å²) in [7, 11) is 3.13. The van der Waals surface area contributed by atoms with Crippen LogP contribution in [0.4, 0.5) is 5.69 Å². The molecule has 0 radical (unpaired) electrons. The van der Waals surface area contributed by atoms with Gasteiger partial charge in [-0.1, -0.05) is 17.7 Å². The first-order valence-electron chi connectivity index (χ1n) is 4.91. The Balaban J connectivity index is 3.11. The van der Waals surface area contributed by atoms with Crippen molar-refractivity contribution in [2.75, 3.05) is 25.5 Å². The fraction of sp³-hybridized carbons (Fsp3) is 0.273. The lowest BCUT2D eigenvalue weighted by Gasteiger charge is -2.21. The Morgan fingerprint density at radius 3 is 2.65 bits per heavy atom. The van der Waals surface area contributed by atoms with Crippen molar-refractivity contribution >= 4 is 29.2 Å². The molecule has 92 valence electrons. The molecular formula is C11H13ClN2O3. The second-order valence-corrected chi connectivity index (χ2v) is 3.88. The molecule has 0 aliphatic rings. The number of amides is 1. The molecule has 0 aliphatic heterocycles. The molecule has 0 saturated heterocycles. The minimum absolute atomic E-state index is 0.0422. The van der Waals surface area contributed by atoms with Crippen LogP contribution in [-0.2, 0) is 4.79 Å². The Bertz CT molecular complexity index is 448. The molecule has 1 rings (SSSR count). The highest BCUT2D eigenvalue weighted by molar-refractivity contribution is 6.34. The van der Waals surface area contributed by atoms with Gasteiger partial charge in [0.25, 0.3) is 0 Å². The largest absolute Gasteiger partial charge is 0.478 e. The van der Waals surface area contributed by atoms with Crippen LogP contribution in [0, 0.1) is 0 Å². The molecule has 0 heterocycles. The molecule has 5 nitrogen and oxygen atoms in total. The van der Waals surface area contributed by atoms with Gasteiger partial charge in [0.2, 0.25) is 5.91 Å². The van der Waals surface area contributed by atoms with Crippen LogP contribution in [0.2, 0.25) is 5.02 Å². The summed E-state index contributed by atoms with van der Waals surface area (Å²) in [5, 5.41) is 11.8. The van der Waals surface area contributed by atoms with E-state index in [4.69, 9.17) is 16.7 Å². The molecule has 0 atom stereocenters. The fourth-order valence-corrected chi connectivity index (χ4v) is 1.77. The molecule has 0 saturated carbocycles. The fourth-order valence-electron chi connectivity index (χ4n) is 1.45. The van der Waals surface area contributed by atoms with E-state index in [2.05, 4.69) is 5.32 Å². The predicted octanol–water partition coefficient (Wildman–Crippen LogP) is 1.22. The zero-order chi connectivity index (χ0) is 13.0. The predicted molar refractivity (Wildman–Crippen MR) is 65.7 cm³/mol. The van der Waals surface area contributed by atoms with Crippen LogP contribution in [-0.4, -0.2) is 37.6 Å². The molecule has 1 amide bonds. The summed E-state index contributed by atoms with van der Waals surface area (Å²) < 4.78 is 0. The first kappa shape index (κ1) is 13.3. The molecule has 0 bridgehead atoms. The number of carboxylic acids is 1. The maximum absolute atomic E-state index is 11.2. The topological polar surface area (TPSA) is 69.6 Å². The summed E-state index contributed by atoms with van der Waals surface area (Å²) in [6, 6.07) is 4.59. The van der Waals surface area contributed by atoms with Crippen LogP contribution >= 0.6 is 11.6 Å². The molecule has 17 heavy (non-hydrogen) atoms. The third kappa shape index (κ3) is 3.10. The number of hydrogen-bond acceptors (Lipinski definition) is 3. The molecule has 0 fully saturated rings. The normalized spacial score (nSPS) is 9.82. The summed E-state index contributed by atoms with van der Waals surface area (Å²) in [6.45, 7) is 0.0422. The Hall–Kier alpha value is -1.75. The highest BCUT2D eigenvalue weighted by Gasteiger charge is 2.17. The van der Waals surface area contributed by atoms with E-state index in [9.17, 15) is 9.59 Å². The first-order chi connectivity index (χ1) is 7.97. The second kappa shape index (κ2) is 5.54. The van der Waals surface area contributed by atoms with Gasteiger partial charge in [0.1, 0.15) is 0 Å². The summed E-state index contributed by atoms with van der Waals surface area (Å²) >= 11 is 5.96. The summed E-state index contributed by atoms with van der Waals surface area (Å²) in [6.07, 6.45) is 0. The Labute approximate surface area is 104 Å². The van der Waals surface area contributed by atoms with E-state index in [1.807, 2.05) is 0 Å². The molecule has 1 aromatic rings. The van der Waals surface area contributed by atoms with E-state index in [1.165, 1.54) is 18.0 Å². The van der Waals surface area contributed by atoms with Crippen molar-refractivity contribution < 1.29 is 14.7 Å². The number of carbonyl (C=O) groups is 2. The quantitative estimate of drug-likeness (QED) is 0.850. The third-order valence-electron chi connectivity index (χ3n) is 2.26. The molecule has 6 heteroatoms. The molecule has 0 unspecified atom stereocenters. The lowest BCUT2D eigenvalue weighted by molar-refractivity contribution is -0.119. The van der Waals surface area contributed by atoms with E-state index in [1.54, 1.807) is 19.2 Å². The monoisotopic (exact) mass is 256 g/mol. The highest BCUT2D eigenvalue weighted by Crippen LogP contribution is 2.28. The number of carboxylic acid groups (broad SMARTS) is 1. The van der Waals surface area contributed by atoms with Crippen LogP contribution in [0.3, 0.4) is 0 Å². The van der Waals surface area contributed by atoms with Crippen molar-refractivity contribution in [2.24, 2.45) is 0 Å². The number of rotatable bonds is 4. The number of nitrogens with zero attached hydrogens (tertiary/aromatic N) is 1. The molecular weight excluding hydrogens is 244 g/mol. The minimum Gasteiger partial charge on any atom is -0.478 e. The summed E-state index contributed by atoms with van der Waals surface area (Å²) in [5.74, 6) is -1.30. The standard InChI is InChI=1S/C11H13ClN2O3/c1-13-9(15)6-14(2)10-7(11(16)17)4-3-5-8(10)12/h3-5H,6H2,1-2H3,(H,13,15)(H,16,17). The average molecular weight is 257 g/mol. The number of hydrogen-bond donors (Lipinski definition) is 2. The molecule has 0 spiro atoms. The number of benzene rings is 1. The van der Waals surface area contributed by atoms with Gasteiger partial charge >= 0.3 is 5.97 Å². The summed E-state index contributed by atoms with van der Waals surface area (Å²) in [5.41, 5.74) is 0.411. The van der Waals surface area contributed by atoms with Crippen molar-refractivity contribution in [3.05, 3.63) is 28.8 Å². The SMILES string of the molecule is CNC(=O)CN(C)c1c(Cl)cccc1C(=O)O. The smallest absolute Gasteiger partial charge is 0.337 e. The number of carbonyl (C=O) groups excluding carboxylic acids is 1. The van der Waals surface area contributed by atoms with Gasteiger partial charge in [-0.3, -0.25) is 4.79 Å². The van der Waals surface area contributed by atoms with Crippen LogP contribution in [0.15, 0.2) is 18.2 Å². The molecule has 1 aromatic carbocycles. The van der Waals surface area contributed by atoms with Gasteiger partial charge < -0.3 is 15.3 Å². The number of para-hydroxylation sites is 1. The second-order valence-electron chi connectivity index (χ2n) is 3.47. The van der Waals surface area contributed by atoms with Crippen molar-refractivity contribution in [2.45, 2.75) is 0 Å². The summed E-state index contributed by atoms with van der Waals surface area (Å²) in [4.78, 5) is 23.8. The van der Waals surface area contributed by atoms with Gasteiger partial charge in [-0.05, 0) is 12.1 Å². The van der Waals surface area contributed by atoms with Crippen LogP contribution in [0.25, 0.3) is 0 Å². The maximum Gasteiger partial charge on any atom is 0.337 e. The minimum atomic E-state index is -1.08. The van der Waals surface area contributed by atoms with Gasteiger partial charge in [-0.15, -0.1) is 0 Å². The average Bonchev–Trinajstić information content (AvgIpc) is 2.28. The Morgan fingerprint density at radius 1 is 1.47 bits per heavy atom. The lowest BCUT2D eigenvalue weighted by Crippen LogP contribution is -2.33. The number of halogens is 1. The highest BCUT2D eigenvalue weighted by atomic mass is 35.5. The molecule has 2 N–H and O–H groups in total. The Morgan fingerprint density at radius 2 is 2.12 bits per heavy atom. The van der Waals surface area contributed by atoms with Gasteiger partial charge in [0.15, 0.2) is 0 Å². The van der Waals surface area contributed by atoms with Crippen LogP contribution < -0.4 is 10.2 Å². The van der Waals surface area contributed by atoms with Crippen LogP contribution in [0.5, 0.6) is 0 Å². The number of nitrogens with one attached hydrogen (secondary N) is 1. The zero-order valence-electron chi connectivity index (χ0n) is 9.53. The molecule has 0 aromatic heterocycles. The molecule has 0 aliphatic carbocycles. The van der Waals surface area contributed by atoms with Crippen molar-refractivity contribution in [1.29, 1.82) is 0 Å². The van der Waals surface area contributed by atoms with E-state index in [0.29, 0.717) is 10.7 Å². The number of likely N-dealkylation sites (N-methyl/N-ethyl adjacent to an activating group) is 2. The van der Waals surface area contributed by atoms with E-state index in [-0.39, 0.29) is 18.0 Å². The van der Waals surface area contributed by atoms with Crippen molar-refractivity contribution in [3.8, 4) is 0 Å². The van der Waals surface area contributed by atoms with Gasteiger partial charge in [-0.25, -0.2) is 4.79 Å². The third-order valence-corrected chi connectivity index (χ3v) is 2.56. The van der Waals surface area contributed by atoms with Gasteiger partial charge in [0.05, 0.1) is 22.8 Å². The number of anilines is 1. The van der Waals surface area contributed by atoms with E-state index >= 15 is 0 Å². The number of aromatic carboxylic acids is 1. The van der Waals surface area contributed by atoms with Crippen molar-refractivity contribution in [3.63, 3.8) is 0 Å². The first-order valence-corrected chi connectivity index (χ1v) is 5.28. The van der Waals surface area contributed by atoms with E-state index < -0.39 is 5.97 Å². The lowest BCUT2D eigenvalue weighted by atomic mass is 10.1.